The van der Waals surface area contributed by atoms with E-state index in [0.717, 1.165) is 17.5 Å². The van der Waals surface area contributed by atoms with Crippen molar-refractivity contribution in [3.8, 4) is 0 Å². The fourth-order valence-corrected chi connectivity index (χ4v) is 1.37. The smallest absolute Gasteiger partial charge is 0.416 e. The van der Waals surface area contributed by atoms with E-state index in [1.807, 2.05) is 0 Å². The van der Waals surface area contributed by atoms with Crippen LogP contribution in [0.2, 0.25) is 0 Å². The Morgan fingerprint density at radius 2 is 1.93 bits per heavy atom. The highest BCUT2D eigenvalue weighted by Gasteiger charge is 2.30. The molecule has 0 fully saturated rings. The molecule has 0 unspecified atom stereocenters. The lowest BCUT2D eigenvalue weighted by Gasteiger charge is -2.05. The maximum Gasteiger partial charge on any atom is 0.416 e. The second-order valence-electron chi connectivity index (χ2n) is 3.09. The normalized spacial score (nSPS) is 12.3. The average molecular weight is 200 g/mol. The molecule has 1 heterocycles. The van der Waals surface area contributed by atoms with Crippen LogP contribution in [-0.2, 0) is 6.18 Å². The number of hydrogen-bond donors (Lipinski definition) is 0. The van der Waals surface area contributed by atoms with Gasteiger partial charge in [0, 0.05) is 10.8 Å². The molecule has 0 N–H and O–H groups in total. The van der Waals surface area contributed by atoms with Crippen LogP contribution in [0.1, 0.15) is 11.3 Å². The number of rotatable bonds is 0. The molecule has 0 aliphatic carbocycles. The Morgan fingerprint density at radius 1 is 1.21 bits per heavy atom. The van der Waals surface area contributed by atoms with Crippen molar-refractivity contribution in [2.75, 3.05) is 0 Å². The second kappa shape index (κ2) is 2.77. The maximum atomic E-state index is 12.3. The first-order valence-electron chi connectivity index (χ1n) is 4.03. The third-order valence-electron chi connectivity index (χ3n) is 2.12. The average Bonchev–Trinajstić information content (AvgIpc) is 2.46. The van der Waals surface area contributed by atoms with E-state index in [2.05, 4.69) is 0 Å². The molecular weight excluding hydrogens is 193 g/mol. The van der Waals surface area contributed by atoms with Crippen molar-refractivity contribution in [1.82, 2.24) is 0 Å². The Morgan fingerprint density at radius 3 is 2.57 bits per heavy atom. The number of fused-ring (bicyclic) bond motifs is 1. The summed E-state index contributed by atoms with van der Waals surface area (Å²) >= 11 is 0. The molecule has 0 saturated carbocycles. The van der Waals surface area contributed by atoms with Crippen LogP contribution in [0, 0.1) is 6.92 Å². The van der Waals surface area contributed by atoms with Gasteiger partial charge in [0.15, 0.2) is 0 Å². The summed E-state index contributed by atoms with van der Waals surface area (Å²) in [4.78, 5) is 0. The number of hydrogen-bond acceptors (Lipinski definition) is 1. The predicted octanol–water partition coefficient (Wildman–Crippen LogP) is 3.76. The van der Waals surface area contributed by atoms with E-state index < -0.39 is 11.7 Å². The summed E-state index contributed by atoms with van der Waals surface area (Å²) in [6, 6.07) is 3.58. The predicted molar refractivity (Wildman–Crippen MR) is 46.0 cm³/mol. The first-order valence-corrected chi connectivity index (χ1v) is 4.03. The van der Waals surface area contributed by atoms with E-state index in [4.69, 9.17) is 4.42 Å². The first-order chi connectivity index (χ1) is 6.48. The molecular formula is C10H7F3O. The van der Waals surface area contributed by atoms with Crippen molar-refractivity contribution in [2.45, 2.75) is 13.1 Å². The molecule has 0 bridgehead atoms. The summed E-state index contributed by atoms with van der Waals surface area (Å²) < 4.78 is 41.9. The lowest BCUT2D eigenvalue weighted by molar-refractivity contribution is -0.137. The Bertz CT molecular complexity index is 468. The van der Waals surface area contributed by atoms with E-state index in [1.54, 1.807) is 6.92 Å². The molecule has 0 spiro atoms. The van der Waals surface area contributed by atoms with Gasteiger partial charge in [-0.25, -0.2) is 0 Å². The van der Waals surface area contributed by atoms with Gasteiger partial charge < -0.3 is 4.42 Å². The summed E-state index contributed by atoms with van der Waals surface area (Å²) in [6.45, 7) is 1.72. The second-order valence-corrected chi connectivity index (χ2v) is 3.09. The molecule has 0 atom stereocenters. The molecule has 14 heavy (non-hydrogen) atoms. The lowest BCUT2D eigenvalue weighted by atomic mass is 10.1. The molecule has 0 aliphatic rings. The summed E-state index contributed by atoms with van der Waals surface area (Å²) in [5.74, 6) is 0.633. The lowest BCUT2D eigenvalue weighted by Crippen LogP contribution is -2.03. The minimum Gasteiger partial charge on any atom is -0.468 e. The molecule has 4 heteroatoms. The summed E-state index contributed by atoms with van der Waals surface area (Å²) in [6.07, 6.45) is -2.96. The molecule has 2 rings (SSSR count). The zero-order valence-corrected chi connectivity index (χ0v) is 7.35. The summed E-state index contributed by atoms with van der Waals surface area (Å²) in [5.41, 5.74) is -0.647. The highest BCUT2D eigenvalue weighted by Crippen LogP contribution is 2.32. The van der Waals surface area contributed by atoms with Gasteiger partial charge in [-0.15, -0.1) is 0 Å². The van der Waals surface area contributed by atoms with E-state index in [9.17, 15) is 13.2 Å². The van der Waals surface area contributed by atoms with Crippen LogP contribution < -0.4 is 0 Å². The number of benzene rings is 1. The van der Waals surface area contributed by atoms with Gasteiger partial charge in [-0.3, -0.25) is 0 Å². The first kappa shape index (κ1) is 9.12. The fraction of sp³-hybridized carbons (Fsp3) is 0.200. The van der Waals surface area contributed by atoms with Gasteiger partial charge in [0.1, 0.15) is 5.76 Å². The molecule has 0 radical (unpaired) electrons. The van der Waals surface area contributed by atoms with Crippen molar-refractivity contribution >= 4 is 10.8 Å². The van der Waals surface area contributed by atoms with Gasteiger partial charge in [0.05, 0.1) is 11.8 Å². The molecule has 1 aromatic heterocycles. The molecule has 74 valence electrons. The van der Waals surface area contributed by atoms with Crippen molar-refractivity contribution in [3.05, 3.63) is 35.8 Å². The fourth-order valence-electron chi connectivity index (χ4n) is 1.37. The number of aryl methyl sites for hydroxylation is 1. The van der Waals surface area contributed by atoms with E-state index in [0.29, 0.717) is 11.1 Å². The van der Waals surface area contributed by atoms with Crippen molar-refractivity contribution in [1.29, 1.82) is 0 Å². The van der Waals surface area contributed by atoms with Crippen molar-refractivity contribution in [3.63, 3.8) is 0 Å². The topological polar surface area (TPSA) is 13.1 Å². The van der Waals surface area contributed by atoms with Crippen LogP contribution in [0.25, 0.3) is 10.8 Å². The monoisotopic (exact) mass is 200 g/mol. The highest BCUT2D eigenvalue weighted by molar-refractivity contribution is 5.84. The molecule has 1 aromatic carbocycles. The maximum absolute atomic E-state index is 12.3. The Balaban J connectivity index is 2.63. The van der Waals surface area contributed by atoms with E-state index in [1.165, 1.54) is 12.3 Å². The van der Waals surface area contributed by atoms with Crippen LogP contribution in [0.4, 0.5) is 13.2 Å². The Hall–Kier alpha value is -1.45. The van der Waals surface area contributed by atoms with Crippen molar-refractivity contribution < 1.29 is 17.6 Å². The van der Waals surface area contributed by atoms with Gasteiger partial charge in [-0.1, -0.05) is 6.07 Å². The molecule has 0 amide bonds. The van der Waals surface area contributed by atoms with Gasteiger partial charge in [0.2, 0.25) is 0 Å². The quantitative estimate of drug-likeness (QED) is 0.631. The third kappa shape index (κ3) is 1.36. The minimum absolute atomic E-state index is 0.484. The molecule has 2 aromatic rings. The van der Waals surface area contributed by atoms with Gasteiger partial charge in [0.25, 0.3) is 0 Å². The van der Waals surface area contributed by atoms with Crippen molar-refractivity contribution in [2.24, 2.45) is 0 Å². The number of alkyl halides is 3. The minimum atomic E-state index is -4.29. The SMILES string of the molecule is Cc1occ2cc(C(F)(F)F)ccc12. The standard InChI is InChI=1S/C10H7F3O/c1-6-9-3-2-8(10(11,12)13)4-7(9)5-14-6/h2-5H,1H3. The largest absolute Gasteiger partial charge is 0.468 e. The van der Waals surface area contributed by atoms with Crippen LogP contribution in [0.3, 0.4) is 0 Å². The van der Waals surface area contributed by atoms with E-state index in [-0.39, 0.29) is 0 Å². The van der Waals surface area contributed by atoms with Crippen LogP contribution in [0.5, 0.6) is 0 Å². The Labute approximate surface area is 78.1 Å². The van der Waals surface area contributed by atoms with Gasteiger partial charge in [-0.05, 0) is 19.1 Å². The highest BCUT2D eigenvalue weighted by atomic mass is 19.4. The zero-order chi connectivity index (χ0) is 10.3. The van der Waals surface area contributed by atoms with Gasteiger partial charge >= 0.3 is 6.18 Å². The van der Waals surface area contributed by atoms with Gasteiger partial charge in [-0.2, -0.15) is 13.2 Å². The third-order valence-corrected chi connectivity index (χ3v) is 2.12. The van der Waals surface area contributed by atoms with Crippen LogP contribution in [-0.4, -0.2) is 0 Å². The summed E-state index contributed by atoms with van der Waals surface area (Å²) in [7, 11) is 0. The number of halogens is 3. The summed E-state index contributed by atoms with van der Waals surface area (Å²) in [5, 5.41) is 1.20. The molecule has 0 saturated heterocycles. The number of furan rings is 1. The Kier molecular flexibility index (Phi) is 1.80. The zero-order valence-electron chi connectivity index (χ0n) is 7.35. The van der Waals surface area contributed by atoms with E-state index >= 15 is 0 Å². The molecule has 1 nitrogen and oxygen atoms in total. The molecule has 0 aliphatic heterocycles. The van der Waals surface area contributed by atoms with Crippen LogP contribution in [0.15, 0.2) is 28.9 Å². The van der Waals surface area contributed by atoms with Crippen LogP contribution >= 0.6 is 0 Å².